The molecule has 1 amide bonds. The van der Waals surface area contributed by atoms with Gasteiger partial charge in [-0.2, -0.15) is 0 Å². The summed E-state index contributed by atoms with van der Waals surface area (Å²) in [5, 5.41) is 14.7. The molecule has 0 aliphatic carbocycles. The number of hydrogen-bond acceptors (Lipinski definition) is 7. The molecule has 2 aromatic carbocycles. The Hall–Kier alpha value is -3.20. The molecule has 3 aromatic rings. The van der Waals surface area contributed by atoms with Gasteiger partial charge in [0.05, 0.1) is 6.04 Å². The Morgan fingerprint density at radius 1 is 1.10 bits per heavy atom. The molecule has 150 valence electrons. The third-order valence-electron chi connectivity index (χ3n) is 4.06. The van der Waals surface area contributed by atoms with Gasteiger partial charge in [-0.3, -0.25) is 4.79 Å². The van der Waals surface area contributed by atoms with Crippen LogP contribution in [0.5, 0.6) is 0 Å². The van der Waals surface area contributed by atoms with Crippen molar-refractivity contribution in [1.82, 2.24) is 25.5 Å². The van der Waals surface area contributed by atoms with Crippen molar-refractivity contribution in [2.24, 2.45) is 0 Å². The van der Waals surface area contributed by atoms with Crippen molar-refractivity contribution in [3.8, 4) is 0 Å². The lowest BCUT2D eigenvalue weighted by molar-refractivity contribution is -0.122. The van der Waals surface area contributed by atoms with Gasteiger partial charge in [-0.1, -0.05) is 55.5 Å². The van der Waals surface area contributed by atoms with E-state index in [0.717, 1.165) is 10.5 Å². The number of benzene rings is 2. The minimum absolute atomic E-state index is 0.0420. The zero-order valence-electron chi connectivity index (χ0n) is 15.9. The van der Waals surface area contributed by atoms with Crippen LogP contribution in [0.25, 0.3) is 0 Å². The molecule has 0 spiro atoms. The number of ketones is 1. The van der Waals surface area contributed by atoms with E-state index in [0.29, 0.717) is 11.6 Å². The molecule has 1 unspecified atom stereocenters. The van der Waals surface area contributed by atoms with Crippen LogP contribution in [0.15, 0.2) is 70.7 Å². The minimum Gasteiger partial charge on any atom is -0.445 e. The van der Waals surface area contributed by atoms with E-state index in [1.165, 1.54) is 16.4 Å². The molecule has 0 aliphatic rings. The maximum Gasteiger partial charge on any atom is 0.408 e. The largest absolute Gasteiger partial charge is 0.445 e. The van der Waals surface area contributed by atoms with Gasteiger partial charge < -0.3 is 10.1 Å². The van der Waals surface area contributed by atoms with Crippen molar-refractivity contribution in [1.29, 1.82) is 0 Å². The van der Waals surface area contributed by atoms with Crippen LogP contribution in [0, 0.1) is 0 Å². The van der Waals surface area contributed by atoms with Crippen LogP contribution < -0.4 is 5.32 Å². The van der Waals surface area contributed by atoms with E-state index in [9.17, 15) is 9.59 Å². The maximum absolute atomic E-state index is 12.7. The van der Waals surface area contributed by atoms with Gasteiger partial charge in [-0.25, -0.2) is 9.48 Å². The lowest BCUT2D eigenvalue weighted by atomic mass is 10.1. The zero-order chi connectivity index (χ0) is 20.5. The van der Waals surface area contributed by atoms with Crippen molar-refractivity contribution in [3.63, 3.8) is 0 Å². The Morgan fingerprint density at radius 2 is 1.79 bits per heavy atom. The molecule has 0 aliphatic heterocycles. The van der Waals surface area contributed by atoms with Crippen LogP contribution in [0.2, 0.25) is 0 Å². The summed E-state index contributed by atoms with van der Waals surface area (Å²) in [4.78, 5) is 25.7. The molecule has 1 aromatic heterocycles. The Labute approximate surface area is 172 Å². The van der Waals surface area contributed by atoms with Gasteiger partial charge in [0.15, 0.2) is 5.78 Å². The summed E-state index contributed by atoms with van der Waals surface area (Å²) in [6.45, 7) is 1.92. The van der Waals surface area contributed by atoms with E-state index < -0.39 is 12.1 Å². The summed E-state index contributed by atoms with van der Waals surface area (Å²) in [7, 11) is 0. The summed E-state index contributed by atoms with van der Waals surface area (Å²) >= 11 is 1.36. The van der Waals surface area contributed by atoms with E-state index in [1.54, 1.807) is 0 Å². The summed E-state index contributed by atoms with van der Waals surface area (Å²) < 4.78 is 6.63. The van der Waals surface area contributed by atoms with Crippen molar-refractivity contribution in [2.45, 2.75) is 42.6 Å². The standard InChI is InChI=1S/C20H21N5O3S/c1-2-17(21-20(27)28-14-15-9-5-3-6-10-15)18(26)13-25-19(22-23-24-25)29-16-11-7-4-8-12-16/h3-12,17H,2,13-14H2,1H3,(H,21,27). The van der Waals surface area contributed by atoms with E-state index in [-0.39, 0.29) is 18.9 Å². The van der Waals surface area contributed by atoms with Gasteiger partial charge >= 0.3 is 6.09 Å². The predicted octanol–water partition coefficient (Wildman–Crippen LogP) is 3.10. The molecular weight excluding hydrogens is 390 g/mol. The smallest absolute Gasteiger partial charge is 0.408 e. The molecule has 29 heavy (non-hydrogen) atoms. The Bertz CT molecular complexity index is 934. The van der Waals surface area contributed by atoms with Crippen LogP contribution in [0.4, 0.5) is 4.79 Å². The minimum atomic E-state index is -0.683. The van der Waals surface area contributed by atoms with Crippen molar-refractivity contribution >= 4 is 23.6 Å². The Morgan fingerprint density at radius 3 is 2.48 bits per heavy atom. The highest BCUT2D eigenvalue weighted by molar-refractivity contribution is 7.99. The van der Waals surface area contributed by atoms with Crippen LogP contribution >= 0.6 is 11.8 Å². The molecular formula is C20H21N5O3S. The second-order valence-corrected chi connectivity index (χ2v) is 7.21. The van der Waals surface area contributed by atoms with Crippen LogP contribution in [0.1, 0.15) is 18.9 Å². The second-order valence-electron chi connectivity index (χ2n) is 6.17. The second kappa shape index (κ2) is 10.4. The van der Waals surface area contributed by atoms with E-state index in [2.05, 4.69) is 20.8 Å². The number of rotatable bonds is 9. The number of nitrogens with one attached hydrogen (secondary N) is 1. The molecule has 0 radical (unpaired) electrons. The van der Waals surface area contributed by atoms with Gasteiger partial charge in [0.2, 0.25) is 5.16 Å². The molecule has 1 heterocycles. The first-order valence-corrected chi connectivity index (χ1v) is 9.96. The normalized spacial score (nSPS) is 11.6. The zero-order valence-corrected chi connectivity index (χ0v) is 16.7. The van der Waals surface area contributed by atoms with Gasteiger partial charge in [0.25, 0.3) is 0 Å². The molecule has 9 heteroatoms. The van der Waals surface area contributed by atoms with Crippen LogP contribution in [-0.2, 0) is 22.7 Å². The average Bonchev–Trinajstić information content (AvgIpc) is 3.18. The highest BCUT2D eigenvalue weighted by Gasteiger charge is 2.22. The number of carbonyl (C=O) groups excluding carboxylic acids is 2. The highest BCUT2D eigenvalue weighted by Crippen LogP contribution is 2.24. The van der Waals surface area contributed by atoms with E-state index in [1.807, 2.05) is 67.6 Å². The van der Waals surface area contributed by atoms with E-state index in [4.69, 9.17) is 4.74 Å². The topological polar surface area (TPSA) is 99.0 Å². The monoisotopic (exact) mass is 411 g/mol. The number of alkyl carbamates (subject to hydrolysis) is 1. The Kier molecular flexibility index (Phi) is 7.34. The third kappa shape index (κ3) is 6.15. The molecule has 1 N–H and O–H groups in total. The fourth-order valence-electron chi connectivity index (χ4n) is 2.54. The summed E-state index contributed by atoms with van der Waals surface area (Å²) in [5.74, 6) is -0.202. The number of amides is 1. The maximum atomic E-state index is 12.7. The van der Waals surface area contributed by atoms with Gasteiger partial charge in [-0.15, -0.1) is 5.10 Å². The third-order valence-corrected chi connectivity index (χ3v) is 5.04. The lowest BCUT2D eigenvalue weighted by Crippen LogP contribution is -2.42. The molecule has 0 saturated heterocycles. The SMILES string of the molecule is CCC(NC(=O)OCc1ccccc1)C(=O)Cn1nnnc1Sc1ccccc1. The van der Waals surface area contributed by atoms with Crippen LogP contribution in [-0.4, -0.2) is 38.1 Å². The quantitative estimate of drug-likeness (QED) is 0.577. The van der Waals surface area contributed by atoms with Crippen LogP contribution in [0.3, 0.4) is 0 Å². The number of nitrogens with zero attached hydrogens (tertiary/aromatic N) is 4. The number of tetrazole rings is 1. The summed E-state index contributed by atoms with van der Waals surface area (Å²) in [5.41, 5.74) is 0.873. The fourth-order valence-corrected chi connectivity index (χ4v) is 3.33. The summed E-state index contributed by atoms with van der Waals surface area (Å²) in [6, 6.07) is 18.3. The predicted molar refractivity (Wildman–Crippen MR) is 107 cm³/mol. The number of hydrogen-bond donors (Lipinski definition) is 1. The molecule has 0 saturated carbocycles. The Balaban J connectivity index is 1.55. The van der Waals surface area contributed by atoms with Crippen molar-refractivity contribution < 1.29 is 14.3 Å². The molecule has 1 atom stereocenters. The number of aromatic nitrogens is 4. The molecule has 0 bridgehead atoms. The van der Waals surface area contributed by atoms with Gasteiger partial charge in [0.1, 0.15) is 13.2 Å². The van der Waals surface area contributed by atoms with E-state index >= 15 is 0 Å². The number of carbonyl (C=O) groups is 2. The van der Waals surface area contributed by atoms with Crippen molar-refractivity contribution in [2.75, 3.05) is 0 Å². The summed E-state index contributed by atoms with van der Waals surface area (Å²) in [6.07, 6.45) is -0.201. The molecule has 8 nitrogen and oxygen atoms in total. The lowest BCUT2D eigenvalue weighted by Gasteiger charge is -2.16. The molecule has 3 rings (SSSR count). The van der Waals surface area contributed by atoms with Gasteiger partial charge in [0, 0.05) is 4.90 Å². The molecule has 0 fully saturated rings. The first-order valence-electron chi connectivity index (χ1n) is 9.14. The first kappa shape index (κ1) is 20.5. The van der Waals surface area contributed by atoms with Crippen molar-refractivity contribution in [3.05, 3.63) is 66.2 Å². The average molecular weight is 411 g/mol. The number of ether oxygens (including phenoxy) is 1. The van der Waals surface area contributed by atoms with Gasteiger partial charge in [-0.05, 0) is 46.3 Å². The number of Topliss-reactive ketones (excluding diaryl/α,β-unsaturated/α-hetero) is 1. The highest BCUT2D eigenvalue weighted by atomic mass is 32.2. The first-order chi connectivity index (χ1) is 14.2. The fraction of sp³-hybridized carbons (Fsp3) is 0.250.